The van der Waals surface area contributed by atoms with Crippen molar-refractivity contribution in [3.05, 3.63) is 0 Å². The topological polar surface area (TPSA) is 78.9 Å². The van der Waals surface area contributed by atoms with Crippen molar-refractivity contribution < 1.29 is 62.4 Å². The van der Waals surface area contributed by atoms with E-state index < -0.39 is 0 Å². The fraction of sp³-hybridized carbons (Fsp3) is 0.914. The maximum Gasteiger partial charge on any atom is 0.362 e. The van der Waals surface area contributed by atoms with E-state index in [4.69, 9.17) is 14.2 Å². The van der Waals surface area contributed by atoms with Crippen LogP contribution in [0.15, 0.2) is 0 Å². The average Bonchev–Trinajstić information content (AvgIpc) is 3.22. The lowest BCUT2D eigenvalue weighted by Crippen LogP contribution is -3.00. The van der Waals surface area contributed by atoms with Crippen LogP contribution in [-0.4, -0.2) is 102 Å². The van der Waals surface area contributed by atoms with E-state index in [0.29, 0.717) is 64.0 Å². The number of esters is 3. The van der Waals surface area contributed by atoms with E-state index in [0.717, 1.165) is 38.5 Å². The summed E-state index contributed by atoms with van der Waals surface area (Å²) in [5.41, 5.74) is 0.342. The van der Waals surface area contributed by atoms with Crippen LogP contribution in [0.4, 0.5) is 0 Å². The molecule has 0 N–H and O–H groups in total. The molecule has 4 rings (SSSR count). The minimum absolute atomic E-state index is 0. The van der Waals surface area contributed by atoms with Gasteiger partial charge in [-0.15, -0.1) is 0 Å². The van der Waals surface area contributed by atoms with Crippen LogP contribution in [0.25, 0.3) is 0 Å². The molecule has 0 aromatic heterocycles. The van der Waals surface area contributed by atoms with Gasteiger partial charge in [-0.2, -0.15) is 0 Å². The molecule has 0 saturated heterocycles. The number of methoxy groups -OCH3 is 1. The highest BCUT2D eigenvalue weighted by Crippen LogP contribution is 2.69. The molecule has 262 valence electrons. The second-order valence-electron chi connectivity index (χ2n) is 17.4. The van der Waals surface area contributed by atoms with Crippen LogP contribution in [-0.2, 0) is 28.6 Å². The van der Waals surface area contributed by atoms with E-state index in [1.807, 2.05) is 42.3 Å². The SMILES string of the molecule is COC(=O)CC[C@@H](C)[C@H]1CC[C@H]2[C@@H]3[C@H](OC(=O)C[N+](C)(C)C)C[C@@H]4C[C@H](OC(=O)C[N+](C)(C)C)CC[C@]4(C)[C@H]3CC[C@]12C.[Cl-].[Cl-]. The Morgan fingerprint density at radius 3 is 1.89 bits per heavy atom. The summed E-state index contributed by atoms with van der Waals surface area (Å²) < 4.78 is 18.6. The molecule has 10 heteroatoms. The Balaban J connectivity index is 0.00000353. The monoisotopic (exact) mass is 676 g/mol. The minimum atomic E-state index is -0.121. The van der Waals surface area contributed by atoms with Crippen molar-refractivity contribution in [3.8, 4) is 0 Å². The van der Waals surface area contributed by atoms with Crippen LogP contribution in [0.3, 0.4) is 0 Å². The number of carbonyl (C=O) groups is 3. The zero-order chi connectivity index (χ0) is 32.0. The molecule has 10 atom stereocenters. The summed E-state index contributed by atoms with van der Waals surface area (Å²) in [4.78, 5) is 38.0. The summed E-state index contributed by atoms with van der Waals surface area (Å²) in [6.07, 6.45) is 9.57. The largest absolute Gasteiger partial charge is 1.00 e. The standard InChI is InChI=1S/C35H62N2O6.2ClH/c1-23(11-14-30(38)41-10)26-12-13-27-33-28(16-18-35(26,27)3)34(2)17-15-25(42-31(39)21-36(4,5)6)19-24(34)20-29(33)43-32(40)22-37(7,8)9;;/h23-29,33H,11-22H2,1-10H3;2*1H/q+2;;/p-2/t23-,24+,25-,26-,27+,28+,29-,33+,34+,35-;;/m1../s1. The molecule has 0 radical (unpaired) electrons. The molecular weight excluding hydrogens is 615 g/mol. The normalized spacial score (nSPS) is 36.5. The van der Waals surface area contributed by atoms with Crippen molar-refractivity contribution in [2.45, 2.75) is 97.2 Å². The summed E-state index contributed by atoms with van der Waals surface area (Å²) in [6, 6.07) is 0. The number of halogens is 2. The van der Waals surface area contributed by atoms with Crippen molar-refractivity contribution in [1.82, 2.24) is 0 Å². The molecular formula is C35H62Cl2N2O6. The third kappa shape index (κ3) is 9.08. The highest BCUT2D eigenvalue weighted by Gasteiger charge is 2.64. The number of quaternary nitrogens is 2. The van der Waals surface area contributed by atoms with Crippen LogP contribution in [0.2, 0.25) is 0 Å². The first kappa shape index (κ1) is 40.1. The minimum Gasteiger partial charge on any atom is -1.00 e. The third-order valence-electron chi connectivity index (χ3n) is 12.2. The van der Waals surface area contributed by atoms with Gasteiger partial charge in [-0.25, -0.2) is 9.59 Å². The van der Waals surface area contributed by atoms with E-state index in [1.165, 1.54) is 26.4 Å². The lowest BCUT2D eigenvalue weighted by Gasteiger charge is -2.62. The Hall–Kier alpha value is -1.09. The number of ether oxygens (including phenoxy) is 3. The van der Waals surface area contributed by atoms with Crippen LogP contribution in [0.5, 0.6) is 0 Å². The number of rotatable bonds is 10. The van der Waals surface area contributed by atoms with Crippen molar-refractivity contribution in [1.29, 1.82) is 0 Å². The average molecular weight is 678 g/mol. The summed E-state index contributed by atoms with van der Waals surface area (Å²) in [5, 5.41) is 0. The molecule has 0 heterocycles. The quantitative estimate of drug-likeness (QED) is 0.170. The number of carbonyl (C=O) groups excluding carboxylic acids is 3. The summed E-state index contributed by atoms with van der Waals surface area (Å²) in [5.74, 6) is 2.40. The predicted molar refractivity (Wildman–Crippen MR) is 167 cm³/mol. The van der Waals surface area contributed by atoms with Gasteiger partial charge < -0.3 is 48.0 Å². The third-order valence-corrected chi connectivity index (χ3v) is 12.2. The van der Waals surface area contributed by atoms with Gasteiger partial charge >= 0.3 is 17.9 Å². The first-order valence-corrected chi connectivity index (χ1v) is 16.9. The van der Waals surface area contributed by atoms with Crippen molar-refractivity contribution >= 4 is 17.9 Å². The van der Waals surface area contributed by atoms with Gasteiger partial charge in [0, 0.05) is 12.3 Å². The second-order valence-corrected chi connectivity index (χ2v) is 17.4. The Morgan fingerprint density at radius 1 is 0.756 bits per heavy atom. The molecule has 8 nitrogen and oxygen atoms in total. The maximum absolute atomic E-state index is 13.4. The van der Waals surface area contributed by atoms with E-state index in [2.05, 4.69) is 20.8 Å². The molecule has 0 spiro atoms. The van der Waals surface area contributed by atoms with Gasteiger partial charge in [0.2, 0.25) is 0 Å². The molecule has 0 aromatic rings. The van der Waals surface area contributed by atoms with Crippen LogP contribution in [0, 0.1) is 46.3 Å². The summed E-state index contributed by atoms with van der Waals surface area (Å²) >= 11 is 0. The molecule has 0 aromatic carbocycles. The van der Waals surface area contributed by atoms with Gasteiger partial charge in [0.05, 0.1) is 49.4 Å². The van der Waals surface area contributed by atoms with E-state index >= 15 is 0 Å². The maximum atomic E-state index is 13.4. The highest BCUT2D eigenvalue weighted by molar-refractivity contribution is 5.71. The van der Waals surface area contributed by atoms with Crippen molar-refractivity contribution in [3.63, 3.8) is 0 Å². The van der Waals surface area contributed by atoms with E-state index in [-0.39, 0.29) is 65.8 Å². The van der Waals surface area contributed by atoms with Gasteiger partial charge in [0.25, 0.3) is 0 Å². The molecule has 4 aliphatic rings. The Kier molecular flexibility index (Phi) is 13.4. The fourth-order valence-corrected chi connectivity index (χ4v) is 10.2. The van der Waals surface area contributed by atoms with Crippen molar-refractivity contribution in [2.75, 3.05) is 62.5 Å². The lowest BCUT2D eigenvalue weighted by molar-refractivity contribution is -0.862. The number of hydrogen-bond acceptors (Lipinski definition) is 6. The Morgan fingerprint density at radius 2 is 1.31 bits per heavy atom. The first-order valence-electron chi connectivity index (χ1n) is 16.9. The smallest absolute Gasteiger partial charge is 0.362 e. The molecule has 0 aliphatic heterocycles. The predicted octanol–water partition coefficient (Wildman–Crippen LogP) is -0.911. The molecule has 4 fully saturated rings. The van der Waals surface area contributed by atoms with Crippen LogP contribution < -0.4 is 24.8 Å². The fourth-order valence-electron chi connectivity index (χ4n) is 10.2. The molecule has 45 heavy (non-hydrogen) atoms. The van der Waals surface area contributed by atoms with Crippen LogP contribution >= 0.6 is 0 Å². The Bertz CT molecular complexity index is 1040. The zero-order valence-electron chi connectivity index (χ0n) is 29.7. The molecule has 4 aliphatic carbocycles. The van der Waals surface area contributed by atoms with Gasteiger partial charge in [-0.1, -0.05) is 20.8 Å². The van der Waals surface area contributed by atoms with E-state index in [1.54, 1.807) is 0 Å². The highest BCUT2D eigenvalue weighted by atomic mass is 35.5. The second kappa shape index (κ2) is 15.0. The van der Waals surface area contributed by atoms with Crippen LogP contribution in [0.1, 0.15) is 85.0 Å². The van der Waals surface area contributed by atoms with E-state index in [9.17, 15) is 14.4 Å². The summed E-state index contributed by atoms with van der Waals surface area (Å²) in [7, 11) is 13.6. The zero-order valence-corrected chi connectivity index (χ0v) is 31.2. The van der Waals surface area contributed by atoms with Gasteiger partial charge in [0.1, 0.15) is 12.2 Å². The molecule has 0 amide bonds. The van der Waals surface area contributed by atoms with Gasteiger partial charge in [-0.3, -0.25) is 4.79 Å². The molecule has 4 saturated carbocycles. The number of fused-ring (bicyclic) bond motifs is 5. The lowest BCUT2D eigenvalue weighted by atomic mass is 9.43. The molecule has 0 unspecified atom stereocenters. The summed E-state index contributed by atoms with van der Waals surface area (Å²) in [6.45, 7) is 8.05. The molecule has 0 bridgehead atoms. The van der Waals surface area contributed by atoms with Gasteiger partial charge in [0.15, 0.2) is 13.1 Å². The number of hydrogen-bond donors (Lipinski definition) is 0. The first-order chi connectivity index (χ1) is 19.9. The van der Waals surface area contributed by atoms with Gasteiger partial charge in [-0.05, 0) is 98.2 Å². The number of nitrogens with zero attached hydrogens (tertiary/aromatic N) is 2. The number of likely N-dealkylation sites (N-methyl/N-ethyl adjacent to an activating group) is 2. The Labute approximate surface area is 285 Å². The van der Waals surface area contributed by atoms with Crippen molar-refractivity contribution in [2.24, 2.45) is 46.3 Å².